The van der Waals surface area contributed by atoms with Crippen molar-refractivity contribution >= 4 is 17.8 Å². The minimum atomic E-state index is -0.739. The third kappa shape index (κ3) is 4.96. The van der Waals surface area contributed by atoms with E-state index in [0.717, 1.165) is 58.4 Å². The highest BCUT2D eigenvalue weighted by Gasteiger charge is 2.38. The molecule has 1 saturated carbocycles. The van der Waals surface area contributed by atoms with Gasteiger partial charge in [0.2, 0.25) is 11.8 Å². The van der Waals surface area contributed by atoms with Crippen molar-refractivity contribution in [1.82, 2.24) is 14.7 Å². The maximum atomic E-state index is 12.4. The Kier molecular flexibility index (Phi) is 6.16. The Bertz CT molecular complexity index is 541. The van der Waals surface area contributed by atoms with Gasteiger partial charge in [-0.2, -0.15) is 0 Å². The van der Waals surface area contributed by atoms with E-state index in [1.54, 1.807) is 6.92 Å². The first kappa shape index (κ1) is 19.1. The average Bonchev–Trinajstić information content (AvgIpc) is 3.45. The lowest BCUT2D eigenvalue weighted by atomic mass is 9.81. The highest BCUT2D eigenvalue weighted by Crippen LogP contribution is 2.35. The summed E-state index contributed by atoms with van der Waals surface area (Å²) < 4.78 is 0. The van der Waals surface area contributed by atoms with Gasteiger partial charge in [0, 0.05) is 58.5 Å². The molecule has 7 heteroatoms. The summed E-state index contributed by atoms with van der Waals surface area (Å²) in [6, 6.07) is 0. The van der Waals surface area contributed by atoms with Gasteiger partial charge < -0.3 is 14.9 Å². The van der Waals surface area contributed by atoms with Crippen LogP contribution in [0.15, 0.2) is 0 Å². The van der Waals surface area contributed by atoms with E-state index < -0.39 is 5.97 Å². The van der Waals surface area contributed by atoms with E-state index >= 15 is 0 Å². The van der Waals surface area contributed by atoms with E-state index in [1.807, 2.05) is 9.80 Å². The quantitative estimate of drug-likeness (QED) is 0.756. The third-order valence-electron chi connectivity index (χ3n) is 6.20. The fourth-order valence-corrected chi connectivity index (χ4v) is 4.32. The van der Waals surface area contributed by atoms with Gasteiger partial charge in [0.15, 0.2) is 0 Å². The van der Waals surface area contributed by atoms with Crippen molar-refractivity contribution in [3.63, 3.8) is 0 Å². The summed E-state index contributed by atoms with van der Waals surface area (Å²) in [6.45, 7) is 7.23. The number of nitrogens with zero attached hydrogens (tertiary/aromatic N) is 3. The highest BCUT2D eigenvalue weighted by molar-refractivity contribution is 5.81. The number of carbonyl (C=O) groups is 3. The molecule has 2 saturated heterocycles. The van der Waals surface area contributed by atoms with Gasteiger partial charge in [0.25, 0.3) is 0 Å². The SMILES string of the molecule is CC(=O)N1CCN(CC[C@H]2CN(C(=O)C3CC3)CC[C@H]2CC(=O)O)CC1. The molecule has 2 atom stereocenters. The van der Waals surface area contributed by atoms with Crippen LogP contribution in [0, 0.1) is 17.8 Å². The Morgan fingerprint density at radius 1 is 0.923 bits per heavy atom. The molecule has 7 nitrogen and oxygen atoms in total. The van der Waals surface area contributed by atoms with E-state index in [4.69, 9.17) is 0 Å². The first-order valence-electron chi connectivity index (χ1n) is 9.92. The molecule has 1 N–H and O–H groups in total. The number of aliphatic carboxylic acids is 1. The number of hydrogen-bond donors (Lipinski definition) is 1. The molecule has 1 aliphatic carbocycles. The number of carbonyl (C=O) groups excluding carboxylic acids is 2. The van der Waals surface area contributed by atoms with Crippen molar-refractivity contribution in [2.24, 2.45) is 17.8 Å². The fraction of sp³-hybridized carbons (Fsp3) is 0.842. The van der Waals surface area contributed by atoms with E-state index in [9.17, 15) is 19.5 Å². The van der Waals surface area contributed by atoms with Crippen molar-refractivity contribution in [1.29, 1.82) is 0 Å². The summed E-state index contributed by atoms with van der Waals surface area (Å²) in [5.41, 5.74) is 0. The summed E-state index contributed by atoms with van der Waals surface area (Å²) in [4.78, 5) is 41.3. The third-order valence-corrected chi connectivity index (χ3v) is 6.20. The molecule has 0 aromatic carbocycles. The molecule has 3 aliphatic rings. The van der Waals surface area contributed by atoms with E-state index in [1.165, 1.54) is 0 Å². The molecule has 0 spiro atoms. The molecule has 0 unspecified atom stereocenters. The van der Waals surface area contributed by atoms with E-state index in [2.05, 4.69) is 4.90 Å². The molecule has 2 heterocycles. The molecule has 0 aromatic rings. The molecular weight excluding hydrogens is 334 g/mol. The zero-order valence-corrected chi connectivity index (χ0v) is 15.7. The van der Waals surface area contributed by atoms with Crippen LogP contribution >= 0.6 is 0 Å². The van der Waals surface area contributed by atoms with Gasteiger partial charge in [0.05, 0.1) is 0 Å². The Labute approximate surface area is 155 Å². The van der Waals surface area contributed by atoms with Gasteiger partial charge in [0.1, 0.15) is 0 Å². The predicted molar refractivity (Wildman–Crippen MR) is 96.5 cm³/mol. The Hall–Kier alpha value is -1.63. The molecule has 0 bridgehead atoms. The lowest BCUT2D eigenvalue weighted by Crippen LogP contribution is -2.49. The van der Waals surface area contributed by atoms with Crippen LogP contribution in [-0.4, -0.2) is 83.4 Å². The standard InChI is InChI=1S/C19H31N3O4/c1-14(23)21-10-8-20(9-11-21)6-4-17-13-22(19(26)15-2-3-15)7-5-16(17)12-18(24)25/h15-17H,2-13H2,1H3,(H,24,25)/t16-,17-/m0/s1. The number of piperidine rings is 1. The van der Waals surface area contributed by atoms with Gasteiger partial charge in [-0.15, -0.1) is 0 Å². The molecule has 0 aromatic heterocycles. The molecular formula is C19H31N3O4. The number of rotatable bonds is 6. The second-order valence-electron chi connectivity index (χ2n) is 8.10. The van der Waals surface area contributed by atoms with E-state index in [0.29, 0.717) is 13.1 Å². The second kappa shape index (κ2) is 8.37. The molecule has 0 radical (unpaired) electrons. The van der Waals surface area contributed by atoms with Crippen LogP contribution in [0.5, 0.6) is 0 Å². The monoisotopic (exact) mass is 365 g/mol. The number of amides is 2. The second-order valence-corrected chi connectivity index (χ2v) is 8.10. The first-order valence-corrected chi connectivity index (χ1v) is 9.92. The van der Waals surface area contributed by atoms with Crippen LogP contribution in [0.1, 0.15) is 39.0 Å². The van der Waals surface area contributed by atoms with Crippen LogP contribution in [0.2, 0.25) is 0 Å². The number of likely N-dealkylation sites (tertiary alicyclic amines) is 1. The summed E-state index contributed by atoms with van der Waals surface area (Å²) in [5, 5.41) is 9.23. The number of piperazine rings is 1. The Morgan fingerprint density at radius 2 is 1.62 bits per heavy atom. The fourth-order valence-electron chi connectivity index (χ4n) is 4.32. The molecule has 146 valence electrons. The molecule has 3 fully saturated rings. The van der Waals surface area contributed by atoms with Gasteiger partial charge >= 0.3 is 5.97 Å². The van der Waals surface area contributed by atoms with Crippen LogP contribution in [0.25, 0.3) is 0 Å². The molecule has 3 rings (SSSR count). The van der Waals surface area contributed by atoms with Gasteiger partial charge in [-0.25, -0.2) is 0 Å². The van der Waals surface area contributed by atoms with Gasteiger partial charge in [-0.3, -0.25) is 19.3 Å². The zero-order valence-electron chi connectivity index (χ0n) is 15.7. The molecule has 2 aliphatic heterocycles. The lowest BCUT2D eigenvalue weighted by molar-refractivity contribution is -0.140. The van der Waals surface area contributed by atoms with Gasteiger partial charge in [-0.05, 0) is 44.1 Å². The largest absolute Gasteiger partial charge is 0.481 e. The van der Waals surface area contributed by atoms with Crippen LogP contribution in [0.3, 0.4) is 0 Å². The van der Waals surface area contributed by atoms with Gasteiger partial charge in [-0.1, -0.05) is 0 Å². The summed E-state index contributed by atoms with van der Waals surface area (Å²) in [6.07, 6.45) is 3.95. The smallest absolute Gasteiger partial charge is 0.303 e. The van der Waals surface area contributed by atoms with Crippen molar-refractivity contribution in [2.45, 2.75) is 39.0 Å². The number of carboxylic acids is 1. The summed E-state index contributed by atoms with van der Waals surface area (Å²) in [5.74, 6) is 0.317. The topological polar surface area (TPSA) is 81.2 Å². The zero-order chi connectivity index (χ0) is 18.7. The minimum Gasteiger partial charge on any atom is -0.481 e. The molecule has 2 amide bonds. The maximum absolute atomic E-state index is 12.4. The van der Waals surface area contributed by atoms with Crippen molar-refractivity contribution in [2.75, 3.05) is 45.8 Å². The first-order chi connectivity index (χ1) is 12.4. The number of carboxylic acid groups (broad SMARTS) is 1. The van der Waals surface area contributed by atoms with Crippen molar-refractivity contribution in [3.8, 4) is 0 Å². The van der Waals surface area contributed by atoms with Crippen LogP contribution in [0.4, 0.5) is 0 Å². The summed E-state index contributed by atoms with van der Waals surface area (Å²) >= 11 is 0. The van der Waals surface area contributed by atoms with Crippen LogP contribution in [-0.2, 0) is 14.4 Å². The Balaban J connectivity index is 1.52. The minimum absolute atomic E-state index is 0.132. The van der Waals surface area contributed by atoms with Crippen molar-refractivity contribution < 1.29 is 19.5 Å². The van der Waals surface area contributed by atoms with Crippen LogP contribution < -0.4 is 0 Å². The predicted octanol–water partition coefficient (Wildman–Crippen LogP) is 0.890. The summed E-state index contributed by atoms with van der Waals surface area (Å²) in [7, 11) is 0. The van der Waals surface area contributed by atoms with Crippen molar-refractivity contribution in [3.05, 3.63) is 0 Å². The average molecular weight is 365 g/mol. The maximum Gasteiger partial charge on any atom is 0.303 e. The van der Waals surface area contributed by atoms with E-state index in [-0.39, 0.29) is 36.0 Å². The number of hydrogen-bond acceptors (Lipinski definition) is 4. The highest BCUT2D eigenvalue weighted by atomic mass is 16.4. The molecule has 26 heavy (non-hydrogen) atoms. The lowest BCUT2D eigenvalue weighted by Gasteiger charge is -2.40. The Morgan fingerprint density at radius 3 is 2.19 bits per heavy atom. The normalized spacial score (nSPS) is 27.4.